The molecule has 1 saturated heterocycles. The number of likely N-dealkylation sites (tertiary alicyclic amines) is 1. The molecule has 4 rings (SSSR count). The van der Waals surface area contributed by atoms with E-state index in [9.17, 15) is 9.90 Å². The number of methoxy groups -OCH3 is 1. The first-order valence-corrected chi connectivity index (χ1v) is 11.6. The van der Waals surface area contributed by atoms with Gasteiger partial charge in [0.2, 0.25) is 5.91 Å². The van der Waals surface area contributed by atoms with E-state index in [1.54, 1.807) is 7.11 Å². The van der Waals surface area contributed by atoms with E-state index >= 15 is 0 Å². The second-order valence-electron chi connectivity index (χ2n) is 10.3. The summed E-state index contributed by atoms with van der Waals surface area (Å²) in [4.78, 5) is 17.4. The van der Waals surface area contributed by atoms with Gasteiger partial charge in [-0.3, -0.25) is 4.79 Å². The highest BCUT2D eigenvalue weighted by Crippen LogP contribution is 2.56. The van der Waals surface area contributed by atoms with Gasteiger partial charge in [-0.25, -0.2) is 0 Å². The topological polar surface area (TPSA) is 53.0 Å². The van der Waals surface area contributed by atoms with Gasteiger partial charge in [0, 0.05) is 44.4 Å². The summed E-state index contributed by atoms with van der Waals surface area (Å²) in [7, 11) is 5.66. The highest BCUT2D eigenvalue weighted by atomic mass is 16.5. The zero-order valence-corrected chi connectivity index (χ0v) is 20.0. The van der Waals surface area contributed by atoms with Crippen molar-refractivity contribution in [1.82, 2.24) is 4.90 Å². The van der Waals surface area contributed by atoms with Crippen molar-refractivity contribution in [2.75, 3.05) is 39.2 Å². The van der Waals surface area contributed by atoms with Crippen LogP contribution in [0.15, 0.2) is 48.5 Å². The minimum absolute atomic E-state index is 0.0180. The fourth-order valence-corrected chi connectivity index (χ4v) is 5.87. The van der Waals surface area contributed by atoms with E-state index in [0.717, 1.165) is 29.0 Å². The summed E-state index contributed by atoms with van der Waals surface area (Å²) in [6, 6.07) is 15.9. The molecule has 3 unspecified atom stereocenters. The normalized spacial score (nSPS) is 26.5. The molecular formula is C27H36N2O3. The van der Waals surface area contributed by atoms with E-state index in [4.69, 9.17) is 4.74 Å². The van der Waals surface area contributed by atoms with Crippen molar-refractivity contribution in [2.24, 2.45) is 17.3 Å². The SMILES string of the molecule is COc1ccccc1C1(O)CCC(C)(C)C2CN(C(=O)Cc3ccccc3N(C)C)CC21. The van der Waals surface area contributed by atoms with Crippen molar-refractivity contribution in [2.45, 2.75) is 38.7 Å². The second-order valence-corrected chi connectivity index (χ2v) is 10.3. The van der Waals surface area contributed by atoms with Gasteiger partial charge < -0.3 is 19.6 Å². The van der Waals surface area contributed by atoms with Crippen LogP contribution in [0.5, 0.6) is 5.75 Å². The second kappa shape index (κ2) is 8.43. The van der Waals surface area contributed by atoms with Crippen LogP contribution in [0.3, 0.4) is 0 Å². The quantitative estimate of drug-likeness (QED) is 0.767. The Labute approximate surface area is 192 Å². The van der Waals surface area contributed by atoms with E-state index in [2.05, 4.69) is 24.8 Å². The van der Waals surface area contributed by atoms with Gasteiger partial charge in [-0.15, -0.1) is 0 Å². The molecule has 1 saturated carbocycles. The average molecular weight is 437 g/mol. The van der Waals surface area contributed by atoms with Crippen LogP contribution in [0, 0.1) is 17.3 Å². The maximum absolute atomic E-state index is 13.4. The Hall–Kier alpha value is -2.53. The number of para-hydroxylation sites is 2. The Morgan fingerprint density at radius 1 is 1.06 bits per heavy atom. The van der Waals surface area contributed by atoms with Crippen molar-refractivity contribution in [3.05, 3.63) is 59.7 Å². The first kappa shape index (κ1) is 22.7. The molecule has 5 nitrogen and oxygen atoms in total. The molecule has 1 aliphatic heterocycles. The van der Waals surface area contributed by atoms with Gasteiger partial charge in [-0.05, 0) is 41.9 Å². The smallest absolute Gasteiger partial charge is 0.227 e. The fraction of sp³-hybridized carbons (Fsp3) is 0.519. The lowest BCUT2D eigenvalue weighted by atomic mass is 9.57. The molecule has 172 valence electrons. The van der Waals surface area contributed by atoms with Gasteiger partial charge in [-0.2, -0.15) is 0 Å². The Morgan fingerprint density at radius 3 is 2.44 bits per heavy atom. The molecule has 1 heterocycles. The third-order valence-electron chi connectivity index (χ3n) is 7.83. The number of benzene rings is 2. The largest absolute Gasteiger partial charge is 0.496 e. The number of aliphatic hydroxyl groups is 1. The zero-order chi connectivity index (χ0) is 23.1. The maximum atomic E-state index is 13.4. The molecule has 1 aliphatic carbocycles. The van der Waals surface area contributed by atoms with Crippen LogP contribution < -0.4 is 9.64 Å². The first-order valence-electron chi connectivity index (χ1n) is 11.6. The van der Waals surface area contributed by atoms with E-state index < -0.39 is 5.60 Å². The molecule has 3 atom stereocenters. The van der Waals surface area contributed by atoms with E-state index in [1.165, 1.54) is 0 Å². The molecule has 2 aromatic rings. The van der Waals surface area contributed by atoms with Crippen molar-refractivity contribution in [3.8, 4) is 5.75 Å². The van der Waals surface area contributed by atoms with Crippen molar-refractivity contribution in [1.29, 1.82) is 0 Å². The summed E-state index contributed by atoms with van der Waals surface area (Å²) in [6.07, 6.45) is 1.96. The minimum Gasteiger partial charge on any atom is -0.496 e. The van der Waals surface area contributed by atoms with Gasteiger partial charge in [0.15, 0.2) is 0 Å². The molecule has 0 radical (unpaired) electrons. The molecule has 2 aromatic carbocycles. The van der Waals surface area contributed by atoms with E-state index in [1.807, 2.05) is 61.5 Å². The molecule has 5 heteroatoms. The lowest BCUT2D eigenvalue weighted by molar-refractivity contribution is -0.130. The van der Waals surface area contributed by atoms with Crippen LogP contribution in [0.2, 0.25) is 0 Å². The summed E-state index contributed by atoms with van der Waals surface area (Å²) in [5.41, 5.74) is 2.03. The van der Waals surface area contributed by atoms with Crippen LogP contribution in [0.4, 0.5) is 5.69 Å². The monoisotopic (exact) mass is 436 g/mol. The number of hydrogen-bond acceptors (Lipinski definition) is 4. The van der Waals surface area contributed by atoms with Gasteiger partial charge in [-0.1, -0.05) is 50.2 Å². The van der Waals surface area contributed by atoms with Crippen LogP contribution in [-0.2, 0) is 16.8 Å². The summed E-state index contributed by atoms with van der Waals surface area (Å²) in [5.74, 6) is 1.07. The molecule has 0 aromatic heterocycles. The predicted octanol–water partition coefficient (Wildman–Crippen LogP) is 4.09. The Bertz CT molecular complexity index is 986. The lowest BCUT2D eigenvalue weighted by Gasteiger charge is -2.49. The molecule has 2 aliphatic rings. The van der Waals surface area contributed by atoms with Crippen molar-refractivity contribution in [3.63, 3.8) is 0 Å². The summed E-state index contributed by atoms with van der Waals surface area (Å²) >= 11 is 0. The Kier molecular flexibility index (Phi) is 5.97. The number of nitrogens with zero attached hydrogens (tertiary/aromatic N) is 2. The fourth-order valence-electron chi connectivity index (χ4n) is 5.87. The molecule has 2 fully saturated rings. The van der Waals surface area contributed by atoms with Crippen LogP contribution in [0.25, 0.3) is 0 Å². The number of carbonyl (C=O) groups excluding carboxylic acids is 1. The summed E-state index contributed by atoms with van der Waals surface area (Å²) < 4.78 is 5.61. The number of rotatable bonds is 5. The highest BCUT2D eigenvalue weighted by Gasteiger charge is 2.57. The van der Waals surface area contributed by atoms with Gasteiger partial charge >= 0.3 is 0 Å². The average Bonchev–Trinajstić information content (AvgIpc) is 3.25. The standard InChI is InChI=1S/C27H36N2O3/c1-26(2)14-15-27(31,20-11-7-9-13-24(20)32-5)22-18-29(17-21(22)26)25(30)16-19-10-6-8-12-23(19)28(3)4/h6-13,21-22,31H,14-18H2,1-5H3. The first-order chi connectivity index (χ1) is 15.2. The number of carbonyl (C=O) groups is 1. The molecule has 0 bridgehead atoms. The molecule has 32 heavy (non-hydrogen) atoms. The number of amides is 1. The number of fused-ring (bicyclic) bond motifs is 1. The van der Waals surface area contributed by atoms with Gasteiger partial charge in [0.1, 0.15) is 5.75 Å². The van der Waals surface area contributed by atoms with Crippen molar-refractivity contribution >= 4 is 11.6 Å². The molecular weight excluding hydrogens is 400 g/mol. The van der Waals surface area contributed by atoms with Crippen LogP contribution in [-0.4, -0.2) is 50.2 Å². The molecule has 1 amide bonds. The summed E-state index contributed by atoms with van der Waals surface area (Å²) in [6.45, 7) is 5.83. The van der Waals surface area contributed by atoms with Gasteiger partial charge in [0.05, 0.1) is 19.1 Å². The zero-order valence-electron chi connectivity index (χ0n) is 20.0. The number of ether oxygens (including phenoxy) is 1. The Balaban J connectivity index is 1.62. The van der Waals surface area contributed by atoms with E-state index in [-0.39, 0.29) is 23.2 Å². The van der Waals surface area contributed by atoms with Crippen molar-refractivity contribution < 1.29 is 14.6 Å². The van der Waals surface area contributed by atoms with Crippen LogP contribution in [0.1, 0.15) is 37.8 Å². The van der Waals surface area contributed by atoms with E-state index in [0.29, 0.717) is 25.9 Å². The third kappa shape index (κ3) is 3.88. The molecule has 1 N–H and O–H groups in total. The highest BCUT2D eigenvalue weighted by molar-refractivity contribution is 5.81. The lowest BCUT2D eigenvalue weighted by Crippen LogP contribution is -2.49. The molecule has 0 spiro atoms. The third-order valence-corrected chi connectivity index (χ3v) is 7.83. The summed E-state index contributed by atoms with van der Waals surface area (Å²) in [5, 5.41) is 12.0. The number of anilines is 1. The van der Waals surface area contributed by atoms with Gasteiger partial charge in [0.25, 0.3) is 0 Å². The predicted molar refractivity (Wildman–Crippen MR) is 128 cm³/mol. The Morgan fingerprint density at radius 2 is 1.72 bits per heavy atom. The minimum atomic E-state index is -0.997. The maximum Gasteiger partial charge on any atom is 0.227 e. The van der Waals surface area contributed by atoms with Crippen LogP contribution >= 0.6 is 0 Å². The number of hydrogen-bond donors (Lipinski definition) is 1.